The topological polar surface area (TPSA) is 40.6 Å². The molecule has 2 atom stereocenters. The summed E-state index contributed by atoms with van der Waals surface area (Å²) in [5.74, 6) is 2.66. The molecule has 4 nitrogen and oxygen atoms in total. The van der Waals surface area contributed by atoms with Gasteiger partial charge in [-0.3, -0.25) is 9.59 Å². The van der Waals surface area contributed by atoms with Gasteiger partial charge in [-0.1, -0.05) is 12.2 Å². The molecular formula is C12H16N2O2S3. The van der Waals surface area contributed by atoms with Gasteiger partial charge in [-0.25, -0.2) is 0 Å². The molecule has 4 aliphatic heterocycles. The predicted octanol–water partition coefficient (Wildman–Crippen LogP) is 1.72. The van der Waals surface area contributed by atoms with Crippen molar-refractivity contribution in [2.75, 3.05) is 11.5 Å². The Balaban J connectivity index is 0.000000133. The van der Waals surface area contributed by atoms with E-state index < -0.39 is 0 Å². The first-order valence-corrected chi connectivity index (χ1v) is 8.04. The van der Waals surface area contributed by atoms with Crippen LogP contribution in [0.4, 0.5) is 0 Å². The molecule has 0 saturated carbocycles. The zero-order valence-electron chi connectivity index (χ0n) is 10.3. The van der Waals surface area contributed by atoms with Gasteiger partial charge in [0.05, 0.1) is 23.6 Å². The van der Waals surface area contributed by atoms with Crippen LogP contribution in [0.15, 0.2) is 24.6 Å². The summed E-state index contributed by atoms with van der Waals surface area (Å²) in [6.45, 7) is 0. The molecule has 0 radical (unpaired) electrons. The van der Waals surface area contributed by atoms with E-state index in [4.69, 9.17) is 0 Å². The molecule has 0 aromatic rings. The molecule has 4 aliphatic rings. The molecule has 0 N–H and O–H groups in total. The van der Waals surface area contributed by atoms with Crippen LogP contribution in [0.2, 0.25) is 0 Å². The van der Waals surface area contributed by atoms with Crippen LogP contribution in [0.5, 0.6) is 0 Å². The molecule has 104 valence electrons. The molecule has 4 heterocycles. The molecule has 0 aliphatic carbocycles. The summed E-state index contributed by atoms with van der Waals surface area (Å²) in [6.07, 6.45) is 9.33. The van der Waals surface area contributed by atoms with E-state index in [0.717, 1.165) is 24.3 Å². The van der Waals surface area contributed by atoms with Gasteiger partial charge in [0.2, 0.25) is 11.8 Å². The van der Waals surface area contributed by atoms with E-state index in [9.17, 15) is 9.59 Å². The third-order valence-electron chi connectivity index (χ3n) is 3.20. The Morgan fingerprint density at radius 3 is 1.58 bits per heavy atom. The van der Waals surface area contributed by atoms with E-state index in [1.807, 2.05) is 48.1 Å². The molecule has 2 fully saturated rings. The molecule has 2 unspecified atom stereocenters. The van der Waals surface area contributed by atoms with Crippen molar-refractivity contribution in [3.63, 3.8) is 0 Å². The Hall–Kier alpha value is -0.530. The second-order valence-electron chi connectivity index (χ2n) is 4.36. The zero-order chi connectivity index (χ0) is 12.5. The van der Waals surface area contributed by atoms with Crippen LogP contribution in [-0.2, 0) is 9.59 Å². The van der Waals surface area contributed by atoms with E-state index in [1.54, 1.807) is 9.80 Å². The molecule has 0 aromatic carbocycles. The van der Waals surface area contributed by atoms with Crippen molar-refractivity contribution in [1.29, 1.82) is 0 Å². The number of carbonyl (C=O) groups excluding carboxylic acids is 2. The normalized spacial score (nSPS) is 30.1. The lowest BCUT2D eigenvalue weighted by Crippen LogP contribution is -2.48. The fraction of sp³-hybridized carbons (Fsp3) is 0.500. The minimum Gasteiger partial charge on any atom is -0.306 e. The fourth-order valence-corrected chi connectivity index (χ4v) is 4.14. The van der Waals surface area contributed by atoms with Crippen LogP contribution in [-0.4, -0.2) is 43.9 Å². The molecule has 0 bridgehead atoms. The quantitative estimate of drug-likeness (QED) is 0.638. The number of hydrogen-bond donors (Lipinski definition) is 0. The maximum absolute atomic E-state index is 10.7. The summed E-state index contributed by atoms with van der Waals surface area (Å²) in [5.41, 5.74) is 0. The average Bonchev–Trinajstić information content (AvgIpc) is 2.37. The summed E-state index contributed by atoms with van der Waals surface area (Å²) in [5, 5.41) is 0.949. The summed E-state index contributed by atoms with van der Waals surface area (Å²) in [6, 6.07) is 0. The van der Waals surface area contributed by atoms with E-state index in [-0.39, 0.29) is 25.3 Å². The number of rotatable bonds is 0. The maximum atomic E-state index is 10.7. The van der Waals surface area contributed by atoms with Gasteiger partial charge in [0.15, 0.2) is 0 Å². The number of fused-ring (bicyclic) bond motifs is 2. The van der Waals surface area contributed by atoms with Gasteiger partial charge in [-0.15, -0.1) is 23.5 Å². The lowest BCUT2D eigenvalue weighted by atomic mass is 10.2. The van der Waals surface area contributed by atoms with Crippen LogP contribution >= 0.6 is 37.0 Å². The predicted molar refractivity (Wildman–Crippen MR) is 84.1 cm³/mol. The number of amides is 2. The van der Waals surface area contributed by atoms with Crippen molar-refractivity contribution in [2.45, 2.75) is 23.6 Å². The standard InChI is InChI=1S/2C6H7NOS.H2S/c2*8-5-4-6-7(5)2-1-3-9-6;/h2*1-2,6H,3-4H2;1H2. The van der Waals surface area contributed by atoms with Crippen LogP contribution in [0.3, 0.4) is 0 Å². The number of β-lactam (4-membered cyclic amide) rings is 2. The van der Waals surface area contributed by atoms with Gasteiger partial charge in [0.1, 0.15) is 0 Å². The molecule has 2 saturated heterocycles. The first-order valence-electron chi connectivity index (χ1n) is 5.94. The summed E-state index contributed by atoms with van der Waals surface area (Å²) < 4.78 is 0. The Morgan fingerprint density at radius 2 is 1.32 bits per heavy atom. The lowest BCUT2D eigenvalue weighted by Gasteiger charge is -2.39. The zero-order valence-corrected chi connectivity index (χ0v) is 13.0. The third-order valence-corrected chi connectivity index (χ3v) is 5.52. The molecule has 0 spiro atoms. The van der Waals surface area contributed by atoms with Crippen molar-refractivity contribution in [3.8, 4) is 0 Å². The van der Waals surface area contributed by atoms with Gasteiger partial charge in [0.25, 0.3) is 0 Å². The molecule has 7 heteroatoms. The Morgan fingerprint density at radius 1 is 0.895 bits per heavy atom. The summed E-state index contributed by atoms with van der Waals surface area (Å²) >= 11 is 3.67. The monoisotopic (exact) mass is 316 g/mol. The van der Waals surface area contributed by atoms with E-state index in [2.05, 4.69) is 0 Å². The molecule has 19 heavy (non-hydrogen) atoms. The highest BCUT2D eigenvalue weighted by atomic mass is 32.2. The van der Waals surface area contributed by atoms with Crippen molar-refractivity contribution in [3.05, 3.63) is 24.6 Å². The summed E-state index contributed by atoms with van der Waals surface area (Å²) in [7, 11) is 0. The Kier molecular flexibility index (Phi) is 4.92. The van der Waals surface area contributed by atoms with Gasteiger partial charge in [-0.2, -0.15) is 13.5 Å². The summed E-state index contributed by atoms with van der Waals surface area (Å²) in [4.78, 5) is 25.1. The van der Waals surface area contributed by atoms with Crippen LogP contribution in [0, 0.1) is 0 Å². The highest BCUT2D eigenvalue weighted by Crippen LogP contribution is 2.33. The average molecular weight is 316 g/mol. The van der Waals surface area contributed by atoms with Crippen LogP contribution in [0.1, 0.15) is 12.8 Å². The van der Waals surface area contributed by atoms with Crippen molar-refractivity contribution < 1.29 is 9.59 Å². The van der Waals surface area contributed by atoms with Crippen LogP contribution in [0.25, 0.3) is 0 Å². The lowest BCUT2D eigenvalue weighted by molar-refractivity contribution is -0.138. The number of carbonyl (C=O) groups is 2. The van der Waals surface area contributed by atoms with Crippen molar-refractivity contribution >= 4 is 48.8 Å². The van der Waals surface area contributed by atoms with Crippen molar-refractivity contribution in [2.24, 2.45) is 0 Å². The molecule has 2 amide bonds. The molecule has 0 aromatic heterocycles. The van der Waals surface area contributed by atoms with E-state index in [1.165, 1.54) is 0 Å². The second kappa shape index (κ2) is 6.28. The minimum absolute atomic E-state index is 0. The second-order valence-corrected chi connectivity index (χ2v) is 6.78. The van der Waals surface area contributed by atoms with Gasteiger partial charge in [-0.05, 0) is 0 Å². The SMILES string of the molecule is O=C1CC2SCC=CN12.O=C1CC2SCC=CN12.S. The first-order chi connectivity index (χ1) is 8.75. The molecule has 4 rings (SSSR count). The van der Waals surface area contributed by atoms with Gasteiger partial charge in [0, 0.05) is 23.9 Å². The van der Waals surface area contributed by atoms with Crippen LogP contribution < -0.4 is 0 Å². The smallest absolute Gasteiger partial charge is 0.230 e. The number of nitrogens with zero attached hydrogens (tertiary/aromatic N) is 2. The Bertz CT molecular complexity index is 399. The maximum Gasteiger partial charge on any atom is 0.230 e. The first kappa shape index (κ1) is 14.9. The Labute approximate surface area is 128 Å². The number of hydrogen-bond acceptors (Lipinski definition) is 4. The number of thioether (sulfide) groups is 2. The van der Waals surface area contributed by atoms with Gasteiger partial charge >= 0.3 is 0 Å². The van der Waals surface area contributed by atoms with Crippen molar-refractivity contribution in [1.82, 2.24) is 9.80 Å². The highest BCUT2D eigenvalue weighted by Gasteiger charge is 2.36. The minimum atomic E-state index is 0. The van der Waals surface area contributed by atoms with Gasteiger partial charge < -0.3 is 9.80 Å². The van der Waals surface area contributed by atoms with E-state index >= 15 is 0 Å². The highest BCUT2D eigenvalue weighted by molar-refractivity contribution is 8.00. The largest absolute Gasteiger partial charge is 0.306 e. The van der Waals surface area contributed by atoms with E-state index in [0.29, 0.717) is 10.7 Å². The molecular weight excluding hydrogens is 300 g/mol. The fourth-order valence-electron chi connectivity index (χ4n) is 2.09. The third kappa shape index (κ3) is 2.98.